The van der Waals surface area contributed by atoms with Crippen LogP contribution in [0.3, 0.4) is 0 Å². The number of aromatic amines is 1. The van der Waals surface area contributed by atoms with Gasteiger partial charge in [0.1, 0.15) is 11.6 Å². The summed E-state index contributed by atoms with van der Waals surface area (Å²) in [5, 5.41) is 10.3. The second-order valence-electron chi connectivity index (χ2n) is 7.92. The largest absolute Gasteiger partial charge is 0.384 e. The molecule has 2 N–H and O–H groups in total. The summed E-state index contributed by atoms with van der Waals surface area (Å²) in [6.07, 6.45) is 7.08. The molecule has 1 aromatic heterocycles. The second kappa shape index (κ2) is 9.72. The number of hydrogen-bond acceptors (Lipinski definition) is 4. The maximum Gasteiger partial charge on any atom is 0.256 e. The van der Waals surface area contributed by atoms with Crippen molar-refractivity contribution in [2.45, 2.75) is 12.8 Å². The third-order valence-corrected chi connectivity index (χ3v) is 5.80. The monoisotopic (exact) mass is 437 g/mol. The maximum atomic E-state index is 13.9. The number of nitrogens with zero attached hydrogens (tertiary/aromatic N) is 3. The summed E-state index contributed by atoms with van der Waals surface area (Å²) in [5.74, 6) is -1.50. The van der Waals surface area contributed by atoms with E-state index in [0.29, 0.717) is 19.0 Å². The van der Waals surface area contributed by atoms with Crippen LogP contribution in [-0.2, 0) is 0 Å². The Bertz CT molecular complexity index is 1110. The number of carbonyl (C=O) groups is 1. The lowest BCUT2D eigenvalue weighted by Gasteiger charge is -2.32. The van der Waals surface area contributed by atoms with Crippen LogP contribution in [0, 0.1) is 17.6 Å². The van der Waals surface area contributed by atoms with Gasteiger partial charge in [-0.3, -0.25) is 14.9 Å². The summed E-state index contributed by atoms with van der Waals surface area (Å²) < 4.78 is 27.1. The molecule has 8 heteroatoms. The lowest BCUT2D eigenvalue weighted by Crippen LogP contribution is -2.40. The molecule has 1 aliphatic heterocycles. The Morgan fingerprint density at radius 2 is 2.03 bits per heavy atom. The average molecular weight is 437 g/mol. The van der Waals surface area contributed by atoms with Gasteiger partial charge in [-0.05, 0) is 48.6 Å². The van der Waals surface area contributed by atoms with Crippen LogP contribution in [0.5, 0.6) is 0 Å². The van der Waals surface area contributed by atoms with Crippen LogP contribution in [0.25, 0.3) is 11.1 Å². The van der Waals surface area contributed by atoms with Crippen LogP contribution in [-0.4, -0.2) is 53.9 Å². The Morgan fingerprint density at radius 3 is 2.72 bits per heavy atom. The summed E-state index contributed by atoms with van der Waals surface area (Å²) in [5.41, 5.74) is 3.97. The van der Waals surface area contributed by atoms with E-state index >= 15 is 0 Å². The van der Waals surface area contributed by atoms with E-state index in [9.17, 15) is 13.6 Å². The molecule has 2 aromatic carbocycles. The highest BCUT2D eigenvalue weighted by Gasteiger charge is 2.25. The maximum absolute atomic E-state index is 13.9. The van der Waals surface area contributed by atoms with Gasteiger partial charge < -0.3 is 10.2 Å². The van der Waals surface area contributed by atoms with E-state index in [1.54, 1.807) is 18.1 Å². The third-order valence-electron chi connectivity index (χ3n) is 5.80. The number of H-pyrrole nitrogens is 1. The summed E-state index contributed by atoms with van der Waals surface area (Å²) in [7, 11) is 1.74. The highest BCUT2D eigenvalue weighted by atomic mass is 19.1. The van der Waals surface area contributed by atoms with Crippen molar-refractivity contribution in [2.75, 3.05) is 32.0 Å². The molecule has 0 atom stereocenters. The van der Waals surface area contributed by atoms with Gasteiger partial charge >= 0.3 is 0 Å². The number of benzene rings is 2. The fourth-order valence-electron chi connectivity index (χ4n) is 3.99. The van der Waals surface area contributed by atoms with E-state index in [0.717, 1.165) is 53.9 Å². The minimum Gasteiger partial charge on any atom is -0.384 e. The van der Waals surface area contributed by atoms with Gasteiger partial charge in [-0.1, -0.05) is 6.07 Å². The van der Waals surface area contributed by atoms with Crippen molar-refractivity contribution in [2.24, 2.45) is 10.9 Å². The summed E-state index contributed by atoms with van der Waals surface area (Å²) in [6, 6.07) is 9.22. The van der Waals surface area contributed by atoms with Crippen molar-refractivity contribution >= 4 is 17.8 Å². The predicted octanol–water partition coefficient (Wildman–Crippen LogP) is 4.37. The Balaban J connectivity index is 1.35. The Morgan fingerprint density at radius 1 is 1.22 bits per heavy atom. The van der Waals surface area contributed by atoms with Gasteiger partial charge in [-0.25, -0.2) is 8.78 Å². The number of piperidine rings is 1. The highest BCUT2D eigenvalue weighted by molar-refractivity contribution is 5.94. The first-order valence-corrected chi connectivity index (χ1v) is 10.6. The number of hydrogen-bond donors (Lipinski definition) is 2. The lowest BCUT2D eigenvalue weighted by molar-refractivity contribution is 0.0690. The molecule has 2 heterocycles. The van der Waals surface area contributed by atoms with E-state index in [-0.39, 0.29) is 11.5 Å². The van der Waals surface area contributed by atoms with Gasteiger partial charge in [-0.15, -0.1) is 0 Å². The molecule has 0 radical (unpaired) electrons. The normalized spacial score (nSPS) is 14.8. The number of aromatic nitrogens is 2. The first kappa shape index (κ1) is 21.7. The minimum absolute atomic E-state index is 0.0795. The van der Waals surface area contributed by atoms with Crippen molar-refractivity contribution in [1.29, 1.82) is 0 Å². The number of carbonyl (C=O) groups excluding carboxylic acids is 1. The molecule has 1 aliphatic rings. The van der Waals surface area contributed by atoms with Crippen molar-refractivity contribution in [3.8, 4) is 11.1 Å². The molecular weight excluding hydrogens is 412 g/mol. The molecule has 1 saturated heterocycles. The van der Waals surface area contributed by atoms with E-state index in [1.165, 1.54) is 6.07 Å². The lowest BCUT2D eigenvalue weighted by atomic mass is 9.95. The van der Waals surface area contributed by atoms with Crippen molar-refractivity contribution < 1.29 is 13.6 Å². The average Bonchev–Trinajstić information content (AvgIpc) is 3.33. The van der Waals surface area contributed by atoms with Gasteiger partial charge in [0.15, 0.2) is 0 Å². The molecule has 6 nitrogen and oxygen atoms in total. The van der Waals surface area contributed by atoms with Crippen LogP contribution in [0.1, 0.15) is 28.8 Å². The number of halogens is 2. The predicted molar refractivity (Wildman–Crippen MR) is 121 cm³/mol. The van der Waals surface area contributed by atoms with Crippen molar-refractivity contribution in [1.82, 2.24) is 15.1 Å². The fourth-order valence-corrected chi connectivity index (χ4v) is 3.99. The topological polar surface area (TPSA) is 73.4 Å². The quantitative estimate of drug-likeness (QED) is 0.563. The van der Waals surface area contributed by atoms with Crippen LogP contribution in [0.4, 0.5) is 14.5 Å². The minimum atomic E-state index is -0.817. The summed E-state index contributed by atoms with van der Waals surface area (Å²) in [6.45, 7) is 1.86. The number of nitrogens with one attached hydrogen (secondary N) is 2. The molecular formula is C24H25F2N5O. The molecule has 166 valence electrons. The molecule has 0 spiro atoms. The summed E-state index contributed by atoms with van der Waals surface area (Å²) in [4.78, 5) is 18.4. The third kappa shape index (κ3) is 4.85. The zero-order valence-electron chi connectivity index (χ0n) is 17.8. The van der Waals surface area contributed by atoms with Gasteiger partial charge in [0.05, 0.1) is 11.8 Å². The first-order chi connectivity index (χ1) is 15.5. The smallest absolute Gasteiger partial charge is 0.256 e. The number of amides is 1. The molecule has 0 unspecified atom stereocenters. The molecule has 32 heavy (non-hydrogen) atoms. The Labute approximate surface area is 185 Å². The van der Waals surface area contributed by atoms with Gasteiger partial charge in [0.2, 0.25) is 0 Å². The second-order valence-corrected chi connectivity index (χ2v) is 7.92. The zero-order valence-corrected chi connectivity index (χ0v) is 17.8. The van der Waals surface area contributed by atoms with E-state index < -0.39 is 11.6 Å². The van der Waals surface area contributed by atoms with Crippen LogP contribution in [0.15, 0.2) is 53.8 Å². The van der Waals surface area contributed by atoms with E-state index in [2.05, 4.69) is 26.6 Å². The van der Waals surface area contributed by atoms with Gasteiger partial charge in [0.25, 0.3) is 5.91 Å². The standard InChI is InChI=1S/C24H25F2N5O/c1-27-13-18-10-17(19-14-29-30-15-19)2-5-23(18)28-12-16-6-8-31(9-7-16)24(32)21-4-3-20(25)11-22(21)26/h2-5,10-11,13-16,28H,6-9,12H2,1H3,(H,29,30)/b27-13-. The van der Waals surface area contributed by atoms with E-state index in [4.69, 9.17) is 0 Å². The molecule has 1 fully saturated rings. The number of anilines is 1. The molecule has 3 aromatic rings. The molecule has 1 amide bonds. The molecule has 4 rings (SSSR count). The van der Waals surface area contributed by atoms with Crippen LogP contribution < -0.4 is 5.32 Å². The molecule has 0 bridgehead atoms. The van der Waals surface area contributed by atoms with Crippen molar-refractivity contribution in [3.63, 3.8) is 0 Å². The summed E-state index contributed by atoms with van der Waals surface area (Å²) >= 11 is 0. The first-order valence-electron chi connectivity index (χ1n) is 10.6. The zero-order chi connectivity index (χ0) is 22.5. The SMILES string of the molecule is C/N=C\c1cc(-c2cn[nH]c2)ccc1NCC1CCN(C(=O)c2ccc(F)cc2F)CC1. The number of aliphatic imine (C=N–C) groups is 1. The van der Waals surface area contributed by atoms with Crippen LogP contribution in [0.2, 0.25) is 0 Å². The highest BCUT2D eigenvalue weighted by Crippen LogP contribution is 2.26. The van der Waals surface area contributed by atoms with Crippen molar-refractivity contribution in [3.05, 3.63) is 71.6 Å². The fraction of sp³-hybridized carbons (Fsp3) is 0.292. The molecule has 0 saturated carbocycles. The number of likely N-dealkylation sites (tertiary alicyclic amines) is 1. The molecule has 0 aliphatic carbocycles. The van der Waals surface area contributed by atoms with E-state index in [1.807, 2.05) is 24.5 Å². The van der Waals surface area contributed by atoms with Gasteiger partial charge in [-0.2, -0.15) is 5.10 Å². The Hall–Kier alpha value is -3.55. The number of rotatable bonds is 6. The van der Waals surface area contributed by atoms with Gasteiger partial charge in [0, 0.05) is 62.0 Å². The van der Waals surface area contributed by atoms with Crippen LogP contribution >= 0.6 is 0 Å². The Kier molecular flexibility index (Phi) is 6.58.